The molecule has 0 heterocycles. The van der Waals surface area contributed by atoms with E-state index >= 15 is 0 Å². The van der Waals surface area contributed by atoms with Crippen LogP contribution in [0.5, 0.6) is 5.75 Å². The highest BCUT2D eigenvalue weighted by atomic mass is 16.3. The highest BCUT2D eigenvalue weighted by molar-refractivity contribution is 5.88. The third-order valence-electron chi connectivity index (χ3n) is 6.44. The summed E-state index contributed by atoms with van der Waals surface area (Å²) in [5.41, 5.74) is 4.46. The normalized spacial score (nSPS) is 12.1. The molecule has 1 N–H and O–H groups in total. The van der Waals surface area contributed by atoms with E-state index in [1.165, 1.54) is 11.1 Å². The zero-order valence-electron chi connectivity index (χ0n) is 23.4. The average molecular weight is 495 g/mol. The van der Waals surface area contributed by atoms with Crippen molar-refractivity contribution in [1.82, 2.24) is 9.80 Å². The SMILES string of the molecule is CCN(CC)c1ccc(C=NCC(=O)CN(C)CCCN(C)Cc2ccc(C(C)(C)C)cc2)c(O)c1. The van der Waals surface area contributed by atoms with Crippen LogP contribution in [-0.2, 0) is 16.8 Å². The Bertz CT molecular complexity index is 975. The van der Waals surface area contributed by atoms with Crippen molar-refractivity contribution in [3.05, 3.63) is 59.2 Å². The number of carbonyl (C=O) groups excluding carboxylic acids is 1. The minimum atomic E-state index is 0.0697. The van der Waals surface area contributed by atoms with Gasteiger partial charge in [0.1, 0.15) is 5.75 Å². The maximum absolute atomic E-state index is 12.4. The number of aromatic hydroxyl groups is 1. The van der Waals surface area contributed by atoms with Gasteiger partial charge in [0.15, 0.2) is 5.78 Å². The summed E-state index contributed by atoms with van der Waals surface area (Å²) in [4.78, 5) is 23.2. The zero-order valence-corrected chi connectivity index (χ0v) is 23.4. The van der Waals surface area contributed by atoms with Gasteiger partial charge in [0.05, 0.1) is 13.1 Å². The Morgan fingerprint density at radius 3 is 2.19 bits per heavy atom. The largest absolute Gasteiger partial charge is 0.507 e. The number of rotatable bonds is 14. The molecule has 0 spiro atoms. The summed E-state index contributed by atoms with van der Waals surface area (Å²) in [6.45, 7) is 15.9. The van der Waals surface area contributed by atoms with Gasteiger partial charge in [0.2, 0.25) is 0 Å². The number of ketones is 1. The first-order valence-corrected chi connectivity index (χ1v) is 13.1. The fraction of sp³-hybridized carbons (Fsp3) is 0.533. The van der Waals surface area contributed by atoms with E-state index in [4.69, 9.17) is 0 Å². The highest BCUT2D eigenvalue weighted by Gasteiger charge is 2.13. The van der Waals surface area contributed by atoms with Crippen LogP contribution in [0.3, 0.4) is 0 Å². The van der Waals surface area contributed by atoms with Gasteiger partial charge in [-0.25, -0.2) is 0 Å². The van der Waals surface area contributed by atoms with Gasteiger partial charge in [0, 0.05) is 43.2 Å². The number of Topliss-reactive ketones (excluding diaryl/α,β-unsaturated/α-hetero) is 1. The van der Waals surface area contributed by atoms with Crippen LogP contribution in [0.2, 0.25) is 0 Å². The molecule has 0 saturated heterocycles. The number of hydrogen-bond acceptors (Lipinski definition) is 6. The minimum absolute atomic E-state index is 0.0697. The highest BCUT2D eigenvalue weighted by Crippen LogP contribution is 2.24. The molecule has 0 radical (unpaired) electrons. The lowest BCUT2D eigenvalue weighted by atomic mass is 9.87. The molecule has 0 fully saturated rings. The van der Waals surface area contributed by atoms with Gasteiger partial charge in [-0.3, -0.25) is 14.7 Å². The van der Waals surface area contributed by atoms with Gasteiger partial charge < -0.3 is 14.9 Å². The summed E-state index contributed by atoms with van der Waals surface area (Å²) in [5, 5.41) is 10.3. The molecule has 0 amide bonds. The van der Waals surface area contributed by atoms with Gasteiger partial charge >= 0.3 is 0 Å². The van der Waals surface area contributed by atoms with Crippen LogP contribution in [0, 0.1) is 0 Å². The van der Waals surface area contributed by atoms with E-state index < -0.39 is 0 Å². The van der Waals surface area contributed by atoms with Crippen LogP contribution < -0.4 is 4.90 Å². The Kier molecular flexibility index (Phi) is 11.6. The van der Waals surface area contributed by atoms with E-state index in [1.54, 1.807) is 12.3 Å². The van der Waals surface area contributed by atoms with Crippen molar-refractivity contribution < 1.29 is 9.90 Å². The molecule has 0 aromatic heterocycles. The second kappa shape index (κ2) is 14.1. The predicted molar refractivity (Wildman–Crippen MR) is 153 cm³/mol. The van der Waals surface area contributed by atoms with Crippen LogP contribution in [0.1, 0.15) is 57.7 Å². The van der Waals surface area contributed by atoms with Gasteiger partial charge in [-0.2, -0.15) is 0 Å². The quantitative estimate of drug-likeness (QED) is 0.376. The van der Waals surface area contributed by atoms with E-state index in [2.05, 4.69) is 85.6 Å². The molecule has 0 unspecified atom stereocenters. The molecule has 2 aromatic carbocycles. The van der Waals surface area contributed by atoms with Crippen molar-refractivity contribution in [2.75, 3.05) is 58.3 Å². The molecule has 2 rings (SSSR count). The molecular weight excluding hydrogens is 448 g/mol. The van der Waals surface area contributed by atoms with Crippen molar-refractivity contribution in [1.29, 1.82) is 0 Å². The maximum atomic E-state index is 12.4. The van der Waals surface area contributed by atoms with Crippen LogP contribution in [0.25, 0.3) is 0 Å². The Morgan fingerprint density at radius 2 is 1.61 bits per heavy atom. The summed E-state index contributed by atoms with van der Waals surface area (Å²) < 4.78 is 0. The molecule has 0 aliphatic carbocycles. The molecule has 0 aliphatic rings. The minimum Gasteiger partial charge on any atom is -0.507 e. The van der Waals surface area contributed by atoms with Crippen molar-refractivity contribution in [2.45, 2.75) is 53.0 Å². The third-order valence-corrected chi connectivity index (χ3v) is 6.44. The number of hydrogen-bond donors (Lipinski definition) is 1. The number of carbonyl (C=O) groups is 1. The smallest absolute Gasteiger partial charge is 0.168 e. The molecule has 6 nitrogen and oxygen atoms in total. The number of anilines is 1. The Labute approximate surface area is 218 Å². The Morgan fingerprint density at radius 1 is 0.972 bits per heavy atom. The number of phenols is 1. The molecule has 0 bridgehead atoms. The lowest BCUT2D eigenvalue weighted by Gasteiger charge is -2.21. The van der Waals surface area contributed by atoms with Crippen LogP contribution >= 0.6 is 0 Å². The molecule has 6 heteroatoms. The van der Waals surface area contributed by atoms with E-state index in [1.807, 2.05) is 19.2 Å². The lowest BCUT2D eigenvalue weighted by molar-refractivity contribution is -0.118. The fourth-order valence-electron chi connectivity index (χ4n) is 4.21. The van der Waals surface area contributed by atoms with Gasteiger partial charge in [-0.15, -0.1) is 0 Å². The number of nitrogens with zero attached hydrogens (tertiary/aromatic N) is 4. The second-order valence-corrected chi connectivity index (χ2v) is 10.7. The molecule has 36 heavy (non-hydrogen) atoms. The predicted octanol–water partition coefficient (Wildman–Crippen LogP) is 4.98. The Balaban J connectivity index is 1.70. The first-order valence-electron chi connectivity index (χ1n) is 13.1. The summed E-state index contributed by atoms with van der Waals surface area (Å²) in [6, 6.07) is 14.5. The van der Waals surface area contributed by atoms with Crippen molar-refractivity contribution in [3.8, 4) is 5.75 Å². The van der Waals surface area contributed by atoms with Crippen LogP contribution in [0.15, 0.2) is 47.5 Å². The van der Waals surface area contributed by atoms with Gasteiger partial charge in [-0.1, -0.05) is 45.0 Å². The standard InChI is InChI=1S/C30H46N4O2/c1-8-34(9-2)27-16-13-25(29(36)19-27)20-31-21-28(35)23-33(7)18-10-17-32(6)22-24-11-14-26(15-12-24)30(3,4)5/h11-16,19-20,36H,8-10,17-18,21-23H2,1-7H3. The summed E-state index contributed by atoms with van der Waals surface area (Å²) in [5.74, 6) is 0.252. The average Bonchev–Trinajstić information content (AvgIpc) is 2.81. The van der Waals surface area contributed by atoms with Crippen molar-refractivity contribution >= 4 is 17.7 Å². The topological polar surface area (TPSA) is 59.4 Å². The fourth-order valence-corrected chi connectivity index (χ4v) is 4.21. The lowest BCUT2D eigenvalue weighted by Crippen LogP contribution is -2.30. The number of benzene rings is 2. The monoisotopic (exact) mass is 494 g/mol. The van der Waals surface area contributed by atoms with Gasteiger partial charge in [-0.05, 0) is 76.1 Å². The van der Waals surface area contributed by atoms with Crippen LogP contribution in [0.4, 0.5) is 5.69 Å². The van der Waals surface area contributed by atoms with Crippen molar-refractivity contribution in [2.24, 2.45) is 4.99 Å². The molecule has 0 atom stereocenters. The van der Waals surface area contributed by atoms with E-state index in [-0.39, 0.29) is 23.5 Å². The number of aliphatic imine (C=N–C) groups is 1. The second-order valence-electron chi connectivity index (χ2n) is 10.7. The van der Waals surface area contributed by atoms with E-state index in [0.29, 0.717) is 12.1 Å². The van der Waals surface area contributed by atoms with Crippen molar-refractivity contribution in [3.63, 3.8) is 0 Å². The molecular formula is C30H46N4O2. The van der Waals surface area contributed by atoms with Crippen LogP contribution in [-0.4, -0.2) is 80.3 Å². The van der Waals surface area contributed by atoms with Gasteiger partial charge in [0.25, 0.3) is 0 Å². The summed E-state index contributed by atoms with van der Waals surface area (Å²) in [7, 11) is 4.12. The molecule has 0 saturated carbocycles. The zero-order chi connectivity index (χ0) is 26.7. The summed E-state index contributed by atoms with van der Waals surface area (Å²) >= 11 is 0. The van der Waals surface area contributed by atoms with E-state index in [0.717, 1.165) is 44.8 Å². The Hall–Kier alpha value is -2.70. The first-order chi connectivity index (χ1) is 17.0. The maximum Gasteiger partial charge on any atom is 0.168 e. The molecule has 0 aliphatic heterocycles. The van der Waals surface area contributed by atoms with E-state index in [9.17, 15) is 9.90 Å². The first kappa shape index (κ1) is 29.5. The molecule has 198 valence electrons. The third kappa shape index (κ3) is 9.75. The summed E-state index contributed by atoms with van der Waals surface area (Å²) in [6.07, 6.45) is 2.58. The number of likely N-dealkylation sites (N-methyl/N-ethyl adjacent to an activating group) is 1. The number of phenolic OH excluding ortho intramolecular Hbond substituents is 1. The molecule has 2 aromatic rings.